The van der Waals surface area contributed by atoms with Gasteiger partial charge in [-0.15, -0.1) is 0 Å². The van der Waals surface area contributed by atoms with Gasteiger partial charge in [-0.05, 0) is 91.3 Å². The molecule has 0 radical (unpaired) electrons. The number of nitrogens with zero attached hydrogens (tertiary/aromatic N) is 2. The van der Waals surface area contributed by atoms with Crippen LogP contribution in [0.5, 0.6) is 0 Å². The van der Waals surface area contributed by atoms with Crippen LogP contribution >= 0.6 is 0 Å². The predicted molar refractivity (Wildman–Crippen MR) is 155 cm³/mol. The van der Waals surface area contributed by atoms with E-state index in [1.54, 1.807) is 36.6 Å². The summed E-state index contributed by atoms with van der Waals surface area (Å²) in [6.07, 6.45) is 5.85. The van der Waals surface area contributed by atoms with Crippen molar-refractivity contribution in [3.05, 3.63) is 99.0 Å². The Labute approximate surface area is 236 Å². The normalized spacial score (nSPS) is 21.1. The average Bonchev–Trinajstić information content (AvgIpc) is 3.42. The lowest BCUT2D eigenvalue weighted by Gasteiger charge is -2.26. The Kier molecular flexibility index (Phi) is 8.29. The quantitative estimate of drug-likeness (QED) is 0.367. The maximum Gasteiger partial charge on any atom is 0.306 e. The molecule has 3 atom stereocenters. The molecule has 0 saturated heterocycles. The van der Waals surface area contributed by atoms with Crippen molar-refractivity contribution >= 4 is 16.0 Å². The van der Waals surface area contributed by atoms with Crippen molar-refractivity contribution in [2.24, 2.45) is 13.0 Å². The van der Waals surface area contributed by atoms with Crippen LogP contribution < -0.4 is 5.56 Å². The smallest absolute Gasteiger partial charge is 0.306 e. The van der Waals surface area contributed by atoms with Crippen molar-refractivity contribution < 1.29 is 17.9 Å². The summed E-state index contributed by atoms with van der Waals surface area (Å²) < 4.78 is 36.5. The van der Waals surface area contributed by atoms with E-state index < -0.39 is 15.9 Å². The van der Waals surface area contributed by atoms with Gasteiger partial charge in [0.2, 0.25) is 10.0 Å². The van der Waals surface area contributed by atoms with Crippen LogP contribution in [0, 0.1) is 12.8 Å². The van der Waals surface area contributed by atoms with E-state index in [2.05, 4.69) is 0 Å². The van der Waals surface area contributed by atoms with E-state index >= 15 is 0 Å². The highest BCUT2D eigenvalue weighted by atomic mass is 32.2. The zero-order valence-electron chi connectivity index (χ0n) is 23.5. The van der Waals surface area contributed by atoms with E-state index in [1.807, 2.05) is 49.4 Å². The van der Waals surface area contributed by atoms with Crippen molar-refractivity contribution in [1.29, 1.82) is 0 Å². The van der Waals surface area contributed by atoms with Crippen LogP contribution in [0.15, 0.2) is 70.5 Å². The van der Waals surface area contributed by atoms with Gasteiger partial charge in [0.1, 0.15) is 0 Å². The van der Waals surface area contributed by atoms with E-state index in [-0.39, 0.29) is 31.1 Å². The van der Waals surface area contributed by atoms with E-state index in [1.165, 1.54) is 4.57 Å². The van der Waals surface area contributed by atoms with Gasteiger partial charge in [0.25, 0.3) is 5.56 Å². The summed E-state index contributed by atoms with van der Waals surface area (Å²) in [5.74, 6) is 0.0830. The minimum absolute atomic E-state index is 0.0853. The molecule has 1 fully saturated rings. The highest BCUT2D eigenvalue weighted by Gasteiger charge is 2.36. The Balaban J connectivity index is 1.52. The Bertz CT molecular complexity index is 1560. The molecule has 5 rings (SSSR count). The number of pyridine rings is 1. The molecule has 7 nitrogen and oxygen atoms in total. The third kappa shape index (κ3) is 5.79. The van der Waals surface area contributed by atoms with Gasteiger partial charge in [0, 0.05) is 38.3 Å². The molecule has 212 valence electrons. The zero-order chi connectivity index (χ0) is 28.4. The van der Waals surface area contributed by atoms with Gasteiger partial charge in [0.15, 0.2) is 0 Å². The number of ether oxygens (including phenoxy) is 1. The lowest BCUT2D eigenvalue weighted by Crippen LogP contribution is -2.33. The first-order chi connectivity index (χ1) is 19.2. The molecule has 3 aromatic rings. The molecule has 0 N–H and O–H groups in total. The van der Waals surface area contributed by atoms with Crippen molar-refractivity contribution in [1.82, 2.24) is 8.87 Å². The highest BCUT2D eigenvalue weighted by molar-refractivity contribution is 7.89. The number of esters is 1. The topological polar surface area (TPSA) is 85.7 Å². The molecule has 3 unspecified atom stereocenters. The van der Waals surface area contributed by atoms with Crippen LogP contribution in [0.25, 0.3) is 0 Å². The molecule has 2 bridgehead atoms. The van der Waals surface area contributed by atoms with Crippen LogP contribution in [-0.4, -0.2) is 36.4 Å². The minimum Gasteiger partial charge on any atom is -0.466 e. The zero-order valence-corrected chi connectivity index (χ0v) is 24.3. The SMILES string of the molecule is CCOC(=O)CC(c1ccc(C)c(CN2CCC3CCC(C3)c3ccccc3S2(=O)=O)c1)c1ccn(C)c(=O)c1. The highest BCUT2D eigenvalue weighted by Crippen LogP contribution is 2.44. The average molecular weight is 563 g/mol. The van der Waals surface area contributed by atoms with Crippen LogP contribution in [0.1, 0.15) is 78.7 Å². The summed E-state index contributed by atoms with van der Waals surface area (Å²) in [6, 6.07) is 16.8. The number of hydrogen-bond acceptors (Lipinski definition) is 5. The molecule has 1 aliphatic heterocycles. The van der Waals surface area contributed by atoms with Crippen LogP contribution in [0.4, 0.5) is 0 Å². The molecular weight excluding hydrogens is 524 g/mol. The number of carbonyl (C=O) groups is 1. The Morgan fingerprint density at radius 3 is 2.60 bits per heavy atom. The van der Waals surface area contributed by atoms with Crippen LogP contribution in [-0.2, 0) is 33.1 Å². The van der Waals surface area contributed by atoms with Crippen LogP contribution in [0.2, 0.25) is 0 Å². The minimum atomic E-state index is -3.71. The second kappa shape index (κ2) is 11.7. The summed E-state index contributed by atoms with van der Waals surface area (Å²) in [7, 11) is -2.02. The first kappa shape index (κ1) is 28.3. The van der Waals surface area contributed by atoms with E-state index in [0.29, 0.717) is 23.3 Å². The van der Waals surface area contributed by atoms with Gasteiger partial charge in [-0.3, -0.25) is 9.59 Å². The largest absolute Gasteiger partial charge is 0.466 e. The molecule has 40 heavy (non-hydrogen) atoms. The number of benzene rings is 2. The molecular formula is C32H38N2O5S. The van der Waals surface area contributed by atoms with Crippen molar-refractivity contribution in [2.75, 3.05) is 13.2 Å². The number of rotatable bonds is 7. The van der Waals surface area contributed by atoms with Crippen molar-refractivity contribution in [3.8, 4) is 0 Å². The fourth-order valence-electron chi connectivity index (χ4n) is 6.29. The second-order valence-corrected chi connectivity index (χ2v) is 13.1. The Morgan fingerprint density at radius 2 is 1.82 bits per heavy atom. The third-order valence-electron chi connectivity index (χ3n) is 8.63. The predicted octanol–water partition coefficient (Wildman–Crippen LogP) is 5.26. The fraction of sp³-hybridized carbons (Fsp3) is 0.438. The van der Waals surface area contributed by atoms with Crippen LogP contribution in [0.3, 0.4) is 0 Å². The van der Waals surface area contributed by atoms with Gasteiger partial charge in [-0.2, -0.15) is 4.31 Å². The second-order valence-electron chi connectivity index (χ2n) is 11.2. The third-order valence-corrected chi connectivity index (χ3v) is 10.6. The maximum atomic E-state index is 14.1. The molecule has 1 aromatic heterocycles. The fourth-order valence-corrected chi connectivity index (χ4v) is 8.00. The molecule has 2 aliphatic rings. The molecule has 2 aromatic carbocycles. The molecule has 0 spiro atoms. The first-order valence-electron chi connectivity index (χ1n) is 14.2. The lowest BCUT2D eigenvalue weighted by molar-refractivity contribution is -0.143. The first-order valence-corrected chi connectivity index (χ1v) is 15.6. The maximum absolute atomic E-state index is 14.1. The summed E-state index contributed by atoms with van der Waals surface area (Å²) in [6.45, 7) is 4.74. The van der Waals surface area contributed by atoms with Crippen molar-refractivity contribution in [2.45, 2.75) is 69.2 Å². The number of hydrogen-bond donors (Lipinski definition) is 0. The van der Waals surface area contributed by atoms with Gasteiger partial charge >= 0.3 is 5.97 Å². The van der Waals surface area contributed by atoms with Gasteiger partial charge in [0.05, 0.1) is 17.9 Å². The summed E-state index contributed by atoms with van der Waals surface area (Å²) in [4.78, 5) is 25.5. The number of carbonyl (C=O) groups excluding carboxylic acids is 1. The van der Waals surface area contributed by atoms with E-state index in [0.717, 1.165) is 53.5 Å². The van der Waals surface area contributed by atoms with Gasteiger partial charge in [-0.25, -0.2) is 8.42 Å². The van der Waals surface area contributed by atoms with E-state index in [9.17, 15) is 18.0 Å². The molecule has 1 aliphatic carbocycles. The van der Waals surface area contributed by atoms with Crippen molar-refractivity contribution in [3.63, 3.8) is 0 Å². The molecule has 1 saturated carbocycles. The van der Waals surface area contributed by atoms with Gasteiger partial charge < -0.3 is 9.30 Å². The summed E-state index contributed by atoms with van der Waals surface area (Å²) in [5.41, 5.74) is 4.24. The Hall–Kier alpha value is -3.23. The molecule has 0 amide bonds. The van der Waals surface area contributed by atoms with E-state index in [4.69, 9.17) is 4.74 Å². The monoisotopic (exact) mass is 562 g/mol. The number of sulfonamides is 1. The Morgan fingerprint density at radius 1 is 1.05 bits per heavy atom. The number of aryl methyl sites for hydroxylation is 2. The summed E-state index contributed by atoms with van der Waals surface area (Å²) >= 11 is 0. The molecule has 8 heteroatoms. The standard InChI is InChI=1S/C32H38N2O5S/c1-4-39-32(36)20-29(26-14-15-33(3)31(35)19-26)25-11-9-22(2)27(18-25)21-34-16-13-23-10-12-24(17-23)28-7-5-6-8-30(28)40(34,37)38/h5-9,11,14-15,18-19,23-24,29H,4,10,12-13,16-17,20-21H2,1-3H3. The number of fused-ring (bicyclic) bond motifs is 4. The van der Waals surface area contributed by atoms with Gasteiger partial charge in [-0.1, -0.05) is 36.4 Å². The molecule has 2 heterocycles. The lowest BCUT2D eigenvalue weighted by atomic mass is 9.87. The number of aromatic nitrogens is 1. The summed E-state index contributed by atoms with van der Waals surface area (Å²) in [5, 5.41) is 0.